The third kappa shape index (κ3) is 33.4. The van der Waals surface area contributed by atoms with E-state index in [1.54, 1.807) is 21.1 Å². The van der Waals surface area contributed by atoms with Crippen molar-refractivity contribution in [3.05, 3.63) is 24.3 Å². The van der Waals surface area contributed by atoms with Gasteiger partial charge in [-0.25, -0.2) is 0 Å². The van der Waals surface area contributed by atoms with Gasteiger partial charge < -0.3 is 28.6 Å². The molecule has 0 aromatic carbocycles. The normalized spacial score (nSPS) is 13.2. The number of hydrogen-bond donors (Lipinski definition) is 0. The predicted molar refractivity (Wildman–Crippen MR) is 208 cm³/mol. The van der Waals surface area contributed by atoms with Gasteiger partial charge in [0.15, 0.2) is 6.10 Å². The van der Waals surface area contributed by atoms with Crippen molar-refractivity contribution in [2.45, 2.75) is 193 Å². The Hall–Kier alpha value is -2.19. The van der Waals surface area contributed by atoms with Crippen LogP contribution in [0.25, 0.3) is 0 Å². The minimum Gasteiger partial charge on any atom is -0.544 e. The second-order valence-corrected chi connectivity index (χ2v) is 15.3. The minimum atomic E-state index is -1.13. The maximum Gasteiger partial charge on any atom is 0.306 e. The first-order valence-electron chi connectivity index (χ1n) is 20.9. The molecule has 298 valence electrons. The number of esters is 2. The van der Waals surface area contributed by atoms with Gasteiger partial charge in [0.05, 0.1) is 40.3 Å². The molecule has 51 heavy (non-hydrogen) atoms. The number of quaternary nitrogens is 1. The van der Waals surface area contributed by atoms with Crippen molar-refractivity contribution in [1.29, 1.82) is 0 Å². The average Bonchev–Trinajstić information content (AvgIpc) is 3.08. The van der Waals surface area contributed by atoms with Crippen molar-refractivity contribution < 1.29 is 38.2 Å². The van der Waals surface area contributed by atoms with Crippen LogP contribution in [0.15, 0.2) is 24.3 Å². The number of likely N-dealkylation sites (N-methyl/N-ethyl adjacent to an activating group) is 1. The van der Waals surface area contributed by atoms with Crippen LogP contribution in [-0.4, -0.2) is 75.5 Å². The van der Waals surface area contributed by atoms with Gasteiger partial charge >= 0.3 is 11.9 Å². The van der Waals surface area contributed by atoms with Crippen LogP contribution in [0, 0.1) is 0 Å². The molecule has 0 aliphatic heterocycles. The van der Waals surface area contributed by atoms with Gasteiger partial charge in [-0.3, -0.25) is 9.59 Å². The molecule has 2 unspecified atom stereocenters. The highest BCUT2D eigenvalue weighted by molar-refractivity contribution is 5.70. The fraction of sp³-hybridized carbons (Fsp3) is 0.837. The van der Waals surface area contributed by atoms with E-state index < -0.39 is 18.1 Å². The van der Waals surface area contributed by atoms with Crippen LogP contribution in [-0.2, 0) is 28.6 Å². The zero-order chi connectivity index (χ0) is 37.8. The first kappa shape index (κ1) is 48.8. The van der Waals surface area contributed by atoms with Gasteiger partial charge in [0.2, 0.25) is 0 Å². The van der Waals surface area contributed by atoms with Gasteiger partial charge in [-0.1, -0.05) is 147 Å². The summed E-state index contributed by atoms with van der Waals surface area (Å²) >= 11 is 0. The standard InChI is InChI=1S/C43H79NO7/c1-6-8-10-12-14-15-16-17-18-19-20-21-22-23-24-25-26-28-30-32-34-42(46)51-39(37-49-36-35-40(43(47)48)44(3,4)5)38-50-41(45)33-31-29-27-13-11-9-7-2/h15-18,39-40H,6-14,19-38H2,1-5H3/b16-15+,18-17+. The lowest BCUT2D eigenvalue weighted by atomic mass is 10.1. The molecule has 0 fully saturated rings. The number of unbranched alkanes of at least 4 members (excludes halogenated alkanes) is 20. The Morgan fingerprint density at radius 3 is 1.49 bits per heavy atom. The van der Waals surface area contributed by atoms with Gasteiger partial charge in [-0.15, -0.1) is 0 Å². The lowest BCUT2D eigenvalue weighted by Gasteiger charge is -2.34. The molecule has 8 nitrogen and oxygen atoms in total. The summed E-state index contributed by atoms with van der Waals surface area (Å²) < 4.78 is 17.1. The lowest BCUT2D eigenvalue weighted by molar-refractivity contribution is -0.889. The summed E-state index contributed by atoms with van der Waals surface area (Å²) in [6.45, 7) is 4.60. The average molecular weight is 722 g/mol. The first-order chi connectivity index (χ1) is 24.6. The van der Waals surface area contributed by atoms with Crippen molar-refractivity contribution in [2.75, 3.05) is 41.0 Å². The molecule has 2 atom stereocenters. The Morgan fingerprint density at radius 2 is 1.02 bits per heavy atom. The summed E-state index contributed by atoms with van der Waals surface area (Å²) in [7, 11) is 5.40. The zero-order valence-electron chi connectivity index (χ0n) is 33.8. The van der Waals surface area contributed by atoms with E-state index in [-0.39, 0.29) is 42.7 Å². The second-order valence-electron chi connectivity index (χ2n) is 15.3. The summed E-state index contributed by atoms with van der Waals surface area (Å²) in [4.78, 5) is 36.6. The first-order valence-corrected chi connectivity index (χ1v) is 20.9. The number of aliphatic carboxylic acids is 1. The number of nitrogens with zero attached hydrogens (tertiary/aromatic N) is 1. The molecule has 0 heterocycles. The maximum absolute atomic E-state index is 12.7. The molecule has 0 saturated heterocycles. The fourth-order valence-electron chi connectivity index (χ4n) is 6.06. The Kier molecular flexibility index (Phi) is 33.4. The third-order valence-corrected chi connectivity index (χ3v) is 9.37. The Morgan fingerprint density at radius 1 is 0.588 bits per heavy atom. The number of allylic oxidation sites excluding steroid dienone is 4. The van der Waals surface area contributed by atoms with E-state index in [1.165, 1.54) is 109 Å². The van der Waals surface area contributed by atoms with Gasteiger partial charge in [0.1, 0.15) is 12.6 Å². The molecule has 0 aromatic rings. The second kappa shape index (κ2) is 34.9. The number of carboxylic acids is 1. The fourth-order valence-corrected chi connectivity index (χ4v) is 6.06. The van der Waals surface area contributed by atoms with E-state index >= 15 is 0 Å². The van der Waals surface area contributed by atoms with E-state index in [2.05, 4.69) is 38.2 Å². The zero-order valence-corrected chi connectivity index (χ0v) is 33.8. The lowest BCUT2D eigenvalue weighted by Crippen LogP contribution is -2.55. The molecule has 0 rings (SSSR count). The van der Waals surface area contributed by atoms with E-state index in [9.17, 15) is 19.5 Å². The van der Waals surface area contributed by atoms with Crippen molar-refractivity contribution in [1.82, 2.24) is 0 Å². The highest BCUT2D eigenvalue weighted by atomic mass is 16.6. The smallest absolute Gasteiger partial charge is 0.306 e. The molecule has 0 radical (unpaired) electrons. The van der Waals surface area contributed by atoms with Crippen molar-refractivity contribution in [3.63, 3.8) is 0 Å². The summed E-state index contributed by atoms with van der Waals surface area (Å²) in [5.41, 5.74) is 0. The molecule has 0 aromatic heterocycles. The Bertz CT molecular complexity index is 895. The van der Waals surface area contributed by atoms with Crippen molar-refractivity contribution >= 4 is 17.9 Å². The van der Waals surface area contributed by atoms with Crippen LogP contribution in [0.4, 0.5) is 0 Å². The Balaban J connectivity index is 4.23. The maximum atomic E-state index is 12.7. The third-order valence-electron chi connectivity index (χ3n) is 9.37. The summed E-state index contributed by atoms with van der Waals surface area (Å²) in [6, 6.07) is -0.722. The van der Waals surface area contributed by atoms with Crippen molar-refractivity contribution in [3.8, 4) is 0 Å². The van der Waals surface area contributed by atoms with Crippen LogP contribution in [0.3, 0.4) is 0 Å². The summed E-state index contributed by atoms with van der Waals surface area (Å²) in [5.74, 6) is -1.74. The molecule has 0 spiro atoms. The topological polar surface area (TPSA) is 102 Å². The predicted octanol–water partition coefficient (Wildman–Crippen LogP) is 9.58. The molecule has 0 amide bonds. The molecular weight excluding hydrogens is 642 g/mol. The highest BCUT2D eigenvalue weighted by Gasteiger charge is 2.25. The molecule has 8 heteroatoms. The number of carbonyl (C=O) groups is 3. The monoisotopic (exact) mass is 722 g/mol. The molecule has 0 aliphatic carbocycles. The number of carbonyl (C=O) groups excluding carboxylic acids is 3. The van der Waals surface area contributed by atoms with Crippen LogP contribution in [0.5, 0.6) is 0 Å². The van der Waals surface area contributed by atoms with Gasteiger partial charge in [-0.2, -0.15) is 0 Å². The number of rotatable bonds is 37. The minimum absolute atomic E-state index is 0.0423. The van der Waals surface area contributed by atoms with Crippen LogP contribution in [0.1, 0.15) is 181 Å². The van der Waals surface area contributed by atoms with E-state index in [0.29, 0.717) is 12.8 Å². The number of carboxylic acid groups (broad SMARTS) is 1. The summed E-state index contributed by atoms with van der Waals surface area (Å²) in [5, 5.41) is 11.6. The molecule has 0 bridgehead atoms. The summed E-state index contributed by atoms with van der Waals surface area (Å²) in [6.07, 6.45) is 36.4. The molecular formula is C43H79NO7. The number of ether oxygens (including phenoxy) is 3. The van der Waals surface area contributed by atoms with Gasteiger partial charge in [0, 0.05) is 19.3 Å². The van der Waals surface area contributed by atoms with Crippen LogP contribution >= 0.6 is 0 Å². The molecule has 0 aliphatic rings. The Labute approximate surface area is 313 Å². The van der Waals surface area contributed by atoms with Gasteiger partial charge in [0.25, 0.3) is 0 Å². The number of hydrogen-bond acceptors (Lipinski definition) is 7. The van der Waals surface area contributed by atoms with E-state index in [4.69, 9.17) is 14.2 Å². The SMILES string of the molecule is CCCCCC/C=C/C=C/CCCCCCCCCCCCC(=O)OC(COCCC(C(=O)[O-])[N+](C)(C)C)COC(=O)CCCCCCCCC. The van der Waals surface area contributed by atoms with Crippen LogP contribution in [0.2, 0.25) is 0 Å². The van der Waals surface area contributed by atoms with E-state index in [1.807, 2.05) is 0 Å². The van der Waals surface area contributed by atoms with Gasteiger partial charge in [-0.05, 0) is 38.5 Å². The largest absolute Gasteiger partial charge is 0.544 e. The van der Waals surface area contributed by atoms with E-state index in [0.717, 1.165) is 38.5 Å². The molecule has 0 saturated carbocycles. The van der Waals surface area contributed by atoms with Crippen molar-refractivity contribution in [2.24, 2.45) is 0 Å². The van der Waals surface area contributed by atoms with Crippen LogP contribution < -0.4 is 5.11 Å². The quantitative estimate of drug-likeness (QED) is 0.0273. The highest BCUT2D eigenvalue weighted by Crippen LogP contribution is 2.14. The molecule has 0 N–H and O–H groups in total.